The molecule has 0 heterocycles. The van der Waals surface area contributed by atoms with Gasteiger partial charge in [-0.25, -0.2) is 8.70 Å². The molecule has 8 nitrogen and oxygen atoms in total. The number of carbonyl (C=O) groups is 2. The van der Waals surface area contributed by atoms with Gasteiger partial charge < -0.3 is 10.2 Å². The largest absolute Gasteiger partial charge is 0.352 e. The molecule has 0 spiro atoms. The molecule has 2 aromatic carbocycles. The third-order valence-corrected chi connectivity index (χ3v) is 7.60. The van der Waals surface area contributed by atoms with Gasteiger partial charge in [-0.1, -0.05) is 30.7 Å². The first-order valence-corrected chi connectivity index (χ1v) is 12.9. The average molecular weight is 527 g/mol. The molecule has 2 rings (SSSR count). The topological polar surface area (TPSA) is 90.0 Å². The Kier molecular flexibility index (Phi) is 10.1. The summed E-state index contributed by atoms with van der Waals surface area (Å²) >= 11 is 6.10. The van der Waals surface area contributed by atoms with E-state index in [0.717, 1.165) is 20.7 Å². The van der Waals surface area contributed by atoms with Crippen LogP contribution in [0.1, 0.15) is 32.8 Å². The average Bonchev–Trinajstić information content (AvgIpc) is 2.80. The molecule has 35 heavy (non-hydrogen) atoms. The molecule has 0 aromatic heterocycles. The van der Waals surface area contributed by atoms with Gasteiger partial charge in [0.15, 0.2) is 0 Å². The quantitative estimate of drug-likeness (QED) is 0.486. The van der Waals surface area contributed by atoms with Crippen LogP contribution in [0.2, 0.25) is 5.02 Å². The Balaban J connectivity index is 2.44. The van der Waals surface area contributed by atoms with Crippen molar-refractivity contribution in [1.29, 1.82) is 0 Å². The molecule has 0 saturated heterocycles. The van der Waals surface area contributed by atoms with Crippen LogP contribution in [-0.2, 0) is 26.3 Å². The third-order valence-electron chi connectivity index (χ3n) is 5.54. The van der Waals surface area contributed by atoms with Crippen molar-refractivity contribution in [2.24, 2.45) is 0 Å². The van der Waals surface area contributed by atoms with Crippen LogP contribution >= 0.6 is 11.6 Å². The maximum absolute atomic E-state index is 13.6. The van der Waals surface area contributed by atoms with E-state index in [0.29, 0.717) is 17.0 Å². The number of halogens is 2. The summed E-state index contributed by atoms with van der Waals surface area (Å²) in [6, 6.07) is 10.7. The number of hydrogen-bond donors (Lipinski definition) is 1. The molecule has 0 saturated carbocycles. The second-order valence-electron chi connectivity index (χ2n) is 8.42. The van der Waals surface area contributed by atoms with Gasteiger partial charge in [-0.2, -0.15) is 12.7 Å². The second kappa shape index (κ2) is 12.3. The van der Waals surface area contributed by atoms with Crippen molar-refractivity contribution in [2.75, 3.05) is 24.9 Å². The number of nitrogens with zero attached hydrogens (tertiary/aromatic N) is 3. The normalized spacial score (nSPS) is 13.3. The van der Waals surface area contributed by atoms with E-state index in [-0.39, 0.29) is 24.2 Å². The van der Waals surface area contributed by atoms with Crippen molar-refractivity contribution < 1.29 is 22.4 Å². The van der Waals surface area contributed by atoms with Crippen molar-refractivity contribution in [3.63, 3.8) is 0 Å². The SMILES string of the molecule is CC[C@@H](C)NC(=O)[C@H](C)N(Cc1cccc(Cl)c1)C(=O)CN(c1ccc(F)cc1)S(=O)(=O)N(C)C. The second-order valence-corrected chi connectivity index (χ2v) is 10.9. The van der Waals surface area contributed by atoms with Crippen LogP contribution in [0, 0.1) is 5.82 Å². The number of hydrogen-bond acceptors (Lipinski definition) is 4. The van der Waals surface area contributed by atoms with Crippen molar-refractivity contribution in [1.82, 2.24) is 14.5 Å². The predicted molar refractivity (Wildman–Crippen MR) is 136 cm³/mol. The zero-order valence-electron chi connectivity index (χ0n) is 20.5. The minimum absolute atomic E-state index is 0.0355. The van der Waals surface area contributed by atoms with Crippen LogP contribution in [0.4, 0.5) is 10.1 Å². The fraction of sp³-hybridized carbons (Fsp3) is 0.417. The van der Waals surface area contributed by atoms with Crippen molar-refractivity contribution in [2.45, 2.75) is 45.8 Å². The predicted octanol–water partition coefficient (Wildman–Crippen LogP) is 3.42. The van der Waals surface area contributed by atoms with E-state index in [2.05, 4.69) is 5.32 Å². The fourth-order valence-electron chi connectivity index (χ4n) is 3.20. The Bertz CT molecular complexity index is 1130. The van der Waals surface area contributed by atoms with Gasteiger partial charge in [-0.3, -0.25) is 9.59 Å². The van der Waals surface area contributed by atoms with Gasteiger partial charge in [0, 0.05) is 31.7 Å². The van der Waals surface area contributed by atoms with E-state index in [1.54, 1.807) is 31.2 Å². The summed E-state index contributed by atoms with van der Waals surface area (Å²) in [6.45, 7) is 4.81. The smallest absolute Gasteiger partial charge is 0.304 e. The Morgan fingerprint density at radius 3 is 2.26 bits per heavy atom. The third kappa shape index (κ3) is 7.65. The summed E-state index contributed by atoms with van der Waals surface area (Å²) in [5.41, 5.74) is 0.797. The molecule has 0 aliphatic rings. The molecule has 192 valence electrons. The first-order valence-electron chi connectivity index (χ1n) is 11.2. The number of anilines is 1. The van der Waals surface area contributed by atoms with Gasteiger partial charge in [-0.15, -0.1) is 0 Å². The fourth-order valence-corrected chi connectivity index (χ4v) is 4.47. The lowest BCUT2D eigenvalue weighted by atomic mass is 10.1. The number of benzene rings is 2. The summed E-state index contributed by atoms with van der Waals surface area (Å²) in [5, 5.41) is 3.33. The standard InChI is InChI=1S/C24H32ClFN4O4S/c1-6-17(2)27-24(32)18(3)29(15-19-8-7-9-20(25)14-19)23(31)16-30(35(33,34)28(4)5)22-12-10-21(26)11-13-22/h7-14,17-18H,6,15-16H2,1-5H3,(H,27,32)/t17-,18+/m1/s1. The highest BCUT2D eigenvalue weighted by Crippen LogP contribution is 2.22. The molecule has 0 unspecified atom stereocenters. The molecule has 2 amide bonds. The maximum atomic E-state index is 13.6. The molecule has 0 fully saturated rings. The minimum atomic E-state index is -4.11. The molecule has 0 radical (unpaired) electrons. The van der Waals surface area contributed by atoms with E-state index < -0.39 is 34.5 Å². The van der Waals surface area contributed by atoms with Gasteiger partial charge in [0.2, 0.25) is 11.8 Å². The van der Waals surface area contributed by atoms with Crippen LogP contribution in [0.25, 0.3) is 0 Å². The Hall–Kier alpha value is -2.69. The number of carbonyl (C=O) groups excluding carboxylic acids is 2. The van der Waals surface area contributed by atoms with Crippen LogP contribution in [-0.4, -0.2) is 62.2 Å². The molecule has 0 aliphatic carbocycles. The monoisotopic (exact) mass is 526 g/mol. The Morgan fingerprint density at radius 1 is 1.09 bits per heavy atom. The molecule has 0 aliphatic heterocycles. The first kappa shape index (κ1) is 28.5. The van der Waals surface area contributed by atoms with Gasteiger partial charge in [0.25, 0.3) is 0 Å². The zero-order valence-corrected chi connectivity index (χ0v) is 22.1. The number of amides is 2. The van der Waals surface area contributed by atoms with Crippen molar-refractivity contribution in [3.05, 3.63) is 64.9 Å². The maximum Gasteiger partial charge on any atom is 0.304 e. The molecule has 2 atom stereocenters. The summed E-state index contributed by atoms with van der Waals surface area (Å²) in [6.07, 6.45) is 0.708. The lowest BCUT2D eigenvalue weighted by Crippen LogP contribution is -2.53. The molecule has 0 bridgehead atoms. The van der Waals surface area contributed by atoms with Gasteiger partial charge >= 0.3 is 10.2 Å². The van der Waals surface area contributed by atoms with Crippen LogP contribution < -0.4 is 9.62 Å². The van der Waals surface area contributed by atoms with Crippen LogP contribution in [0.15, 0.2) is 48.5 Å². The molecular formula is C24H32ClFN4O4S. The molecule has 2 aromatic rings. The Labute approximate surface area is 211 Å². The summed E-state index contributed by atoms with van der Waals surface area (Å²) in [7, 11) is -1.44. The number of rotatable bonds is 11. The highest BCUT2D eigenvalue weighted by atomic mass is 35.5. The van der Waals surface area contributed by atoms with E-state index in [1.807, 2.05) is 13.8 Å². The zero-order chi connectivity index (χ0) is 26.3. The van der Waals surface area contributed by atoms with E-state index in [1.165, 1.54) is 31.1 Å². The minimum Gasteiger partial charge on any atom is -0.352 e. The van der Waals surface area contributed by atoms with Gasteiger partial charge in [0.05, 0.1) is 5.69 Å². The highest BCUT2D eigenvalue weighted by Gasteiger charge is 2.32. The van der Waals surface area contributed by atoms with Crippen LogP contribution in [0.3, 0.4) is 0 Å². The van der Waals surface area contributed by atoms with Crippen molar-refractivity contribution >= 4 is 39.3 Å². The molecular weight excluding hydrogens is 495 g/mol. The first-order chi connectivity index (χ1) is 16.4. The summed E-state index contributed by atoms with van der Waals surface area (Å²) in [4.78, 5) is 27.8. The molecule has 11 heteroatoms. The van der Waals surface area contributed by atoms with E-state index in [9.17, 15) is 22.4 Å². The van der Waals surface area contributed by atoms with Crippen molar-refractivity contribution in [3.8, 4) is 0 Å². The number of nitrogens with one attached hydrogen (secondary N) is 1. The van der Waals surface area contributed by atoms with E-state index in [4.69, 9.17) is 11.6 Å². The summed E-state index contributed by atoms with van der Waals surface area (Å²) in [5.74, 6) is -1.51. The van der Waals surface area contributed by atoms with Crippen LogP contribution in [0.5, 0.6) is 0 Å². The Morgan fingerprint density at radius 2 is 1.71 bits per heavy atom. The van der Waals surface area contributed by atoms with Gasteiger partial charge in [0.1, 0.15) is 18.4 Å². The van der Waals surface area contributed by atoms with E-state index >= 15 is 0 Å². The lowest BCUT2D eigenvalue weighted by molar-refractivity contribution is -0.139. The summed E-state index contributed by atoms with van der Waals surface area (Å²) < 4.78 is 41.5. The highest BCUT2D eigenvalue weighted by molar-refractivity contribution is 7.90. The molecule has 1 N–H and O–H groups in total. The van der Waals surface area contributed by atoms with Gasteiger partial charge in [-0.05, 0) is 62.2 Å². The lowest BCUT2D eigenvalue weighted by Gasteiger charge is -2.33.